The first-order valence-electron chi connectivity index (χ1n) is 13.6. The molecule has 9 heteroatoms. The molecule has 1 fully saturated rings. The van der Waals surface area contributed by atoms with E-state index in [2.05, 4.69) is 46.5 Å². The van der Waals surface area contributed by atoms with Gasteiger partial charge >= 0.3 is 0 Å². The van der Waals surface area contributed by atoms with Crippen molar-refractivity contribution in [3.05, 3.63) is 48.3 Å². The molecule has 1 unspecified atom stereocenters. The number of hydrazone groups is 1. The van der Waals surface area contributed by atoms with Crippen molar-refractivity contribution in [3.63, 3.8) is 0 Å². The van der Waals surface area contributed by atoms with E-state index in [1.807, 2.05) is 36.7 Å². The van der Waals surface area contributed by atoms with Crippen LogP contribution in [0, 0.1) is 0 Å². The van der Waals surface area contributed by atoms with Crippen LogP contribution in [0.25, 0.3) is 11.0 Å². The Morgan fingerprint density at radius 1 is 1.03 bits per heavy atom. The number of fused-ring (bicyclic) bond motifs is 1. The lowest BCUT2D eigenvalue weighted by atomic mass is 10.0. The number of rotatable bonds is 10. The maximum absolute atomic E-state index is 5.56. The zero-order valence-corrected chi connectivity index (χ0v) is 22.9. The second kappa shape index (κ2) is 12.0. The smallest absolute Gasteiger partial charge is 0.124 e. The topological polar surface area (TPSA) is 87.1 Å². The molecule has 0 saturated carbocycles. The Labute approximate surface area is 225 Å². The number of hydrogen-bond donors (Lipinski definition) is 2. The van der Waals surface area contributed by atoms with Gasteiger partial charge in [0.25, 0.3) is 0 Å². The Bertz CT molecular complexity index is 1240. The minimum Gasteiger partial charge on any atom is -0.497 e. The Morgan fingerprint density at radius 2 is 1.79 bits per heavy atom. The predicted octanol–water partition coefficient (Wildman–Crippen LogP) is 3.92. The molecule has 0 bridgehead atoms. The molecule has 5 rings (SSSR count). The Morgan fingerprint density at radius 3 is 2.50 bits per heavy atom. The third kappa shape index (κ3) is 6.00. The molecular formula is C29H39N7O2. The van der Waals surface area contributed by atoms with Crippen LogP contribution in [-0.2, 0) is 0 Å². The Kier molecular flexibility index (Phi) is 8.24. The number of nitrogens with one attached hydrogen (secondary N) is 2. The monoisotopic (exact) mass is 517 g/mol. The number of methoxy groups -OCH3 is 2. The van der Waals surface area contributed by atoms with Crippen LogP contribution in [0.4, 0.5) is 11.4 Å². The molecular weight excluding hydrogens is 478 g/mol. The molecule has 0 amide bonds. The minimum absolute atomic E-state index is 0.152. The molecule has 2 aromatic carbocycles. The number of piperidine rings is 1. The molecule has 1 saturated heterocycles. The number of ether oxygens (including phenoxy) is 2. The van der Waals surface area contributed by atoms with E-state index in [0.717, 1.165) is 85.2 Å². The molecule has 202 valence electrons. The van der Waals surface area contributed by atoms with Crippen LogP contribution < -0.4 is 25.0 Å². The molecule has 9 nitrogen and oxygen atoms in total. The lowest BCUT2D eigenvalue weighted by Crippen LogP contribution is -2.40. The number of anilines is 2. The van der Waals surface area contributed by atoms with Gasteiger partial charge in [-0.05, 0) is 44.1 Å². The SMILES string of the molecule is COc1cc(OC)cc(N(CCNC(C)C)c2ccc3ncc(C4C=NN(C5CCNCC5)C4)nc3c2)c1. The molecule has 0 spiro atoms. The second-order valence-electron chi connectivity index (χ2n) is 10.3. The van der Waals surface area contributed by atoms with Gasteiger partial charge in [-0.3, -0.25) is 9.99 Å². The van der Waals surface area contributed by atoms with Crippen molar-refractivity contribution in [2.75, 3.05) is 51.8 Å². The summed E-state index contributed by atoms with van der Waals surface area (Å²) >= 11 is 0. The highest BCUT2D eigenvalue weighted by molar-refractivity contribution is 5.82. The number of nitrogens with zero attached hydrogens (tertiary/aromatic N) is 5. The van der Waals surface area contributed by atoms with Crippen LogP contribution in [0.15, 0.2) is 47.7 Å². The molecule has 0 aliphatic carbocycles. The summed E-state index contributed by atoms with van der Waals surface area (Å²) in [5, 5.41) is 13.9. The van der Waals surface area contributed by atoms with Crippen molar-refractivity contribution in [1.29, 1.82) is 0 Å². The summed E-state index contributed by atoms with van der Waals surface area (Å²) in [6.07, 6.45) is 6.21. The second-order valence-corrected chi connectivity index (χ2v) is 10.3. The zero-order valence-electron chi connectivity index (χ0n) is 22.9. The van der Waals surface area contributed by atoms with E-state index in [1.54, 1.807) is 14.2 Å². The molecule has 3 aromatic rings. The van der Waals surface area contributed by atoms with Gasteiger partial charge in [0.15, 0.2) is 0 Å². The maximum atomic E-state index is 5.56. The van der Waals surface area contributed by atoms with Crippen LogP contribution >= 0.6 is 0 Å². The third-order valence-electron chi connectivity index (χ3n) is 7.28. The molecule has 2 aliphatic heterocycles. The van der Waals surface area contributed by atoms with E-state index in [1.165, 1.54) is 0 Å². The molecule has 3 heterocycles. The van der Waals surface area contributed by atoms with Crippen LogP contribution in [0.3, 0.4) is 0 Å². The van der Waals surface area contributed by atoms with Crippen LogP contribution in [0.1, 0.15) is 38.3 Å². The zero-order chi connectivity index (χ0) is 26.5. The van der Waals surface area contributed by atoms with Crippen molar-refractivity contribution in [2.45, 2.75) is 44.7 Å². The van der Waals surface area contributed by atoms with E-state index in [9.17, 15) is 0 Å². The standard InChI is InChI=1S/C29H39N7O2/c1-20(2)31-11-12-35(24-13-25(37-3)16-26(14-24)38-4)23-5-6-27-28(15-23)34-29(18-32-27)21-17-33-36(19-21)22-7-9-30-10-8-22/h5-6,13-18,20-22,30-31H,7-12,19H2,1-4H3. The highest BCUT2D eigenvalue weighted by atomic mass is 16.5. The van der Waals surface area contributed by atoms with E-state index in [4.69, 9.17) is 24.5 Å². The summed E-state index contributed by atoms with van der Waals surface area (Å²) in [6.45, 7) is 8.89. The summed E-state index contributed by atoms with van der Waals surface area (Å²) in [7, 11) is 3.35. The fraction of sp³-hybridized carbons (Fsp3) is 0.483. The van der Waals surface area contributed by atoms with Crippen LogP contribution in [0.2, 0.25) is 0 Å². The average Bonchev–Trinajstić information content (AvgIpc) is 3.45. The van der Waals surface area contributed by atoms with E-state index in [0.29, 0.717) is 12.1 Å². The molecule has 1 aromatic heterocycles. The van der Waals surface area contributed by atoms with Crippen LogP contribution in [0.5, 0.6) is 11.5 Å². The van der Waals surface area contributed by atoms with Gasteiger partial charge in [-0.1, -0.05) is 13.8 Å². The van der Waals surface area contributed by atoms with Crippen molar-refractivity contribution >= 4 is 28.6 Å². The summed E-state index contributed by atoms with van der Waals surface area (Å²) in [4.78, 5) is 12.1. The van der Waals surface area contributed by atoms with E-state index in [-0.39, 0.29) is 5.92 Å². The fourth-order valence-corrected chi connectivity index (χ4v) is 5.16. The fourth-order valence-electron chi connectivity index (χ4n) is 5.16. The Balaban J connectivity index is 1.43. The maximum Gasteiger partial charge on any atom is 0.124 e. The summed E-state index contributed by atoms with van der Waals surface area (Å²) in [6, 6.07) is 13.2. The van der Waals surface area contributed by atoms with Gasteiger partial charge < -0.3 is 25.0 Å². The van der Waals surface area contributed by atoms with Crippen molar-refractivity contribution in [2.24, 2.45) is 5.10 Å². The average molecular weight is 518 g/mol. The molecule has 0 radical (unpaired) electrons. The van der Waals surface area contributed by atoms with Gasteiger partial charge in [0.2, 0.25) is 0 Å². The van der Waals surface area contributed by atoms with Crippen molar-refractivity contribution < 1.29 is 9.47 Å². The van der Waals surface area contributed by atoms with Crippen molar-refractivity contribution in [1.82, 2.24) is 25.6 Å². The summed E-state index contributed by atoms with van der Waals surface area (Å²) in [5.74, 6) is 1.66. The highest BCUT2D eigenvalue weighted by Crippen LogP contribution is 2.34. The highest BCUT2D eigenvalue weighted by Gasteiger charge is 2.27. The van der Waals surface area contributed by atoms with Gasteiger partial charge in [0, 0.05) is 73.7 Å². The number of benzene rings is 2. The van der Waals surface area contributed by atoms with Crippen LogP contribution in [-0.4, -0.2) is 80.2 Å². The third-order valence-corrected chi connectivity index (χ3v) is 7.28. The first-order chi connectivity index (χ1) is 18.5. The normalized spacial score (nSPS) is 17.9. The van der Waals surface area contributed by atoms with E-state index >= 15 is 0 Å². The molecule has 2 aliphatic rings. The molecule has 1 atom stereocenters. The van der Waals surface area contributed by atoms with Gasteiger partial charge in [0.05, 0.1) is 36.9 Å². The first-order valence-corrected chi connectivity index (χ1v) is 13.6. The quantitative estimate of drug-likeness (QED) is 0.419. The summed E-state index contributed by atoms with van der Waals surface area (Å²) < 4.78 is 11.1. The Hall–Kier alpha value is -3.43. The largest absolute Gasteiger partial charge is 0.497 e. The van der Waals surface area contributed by atoms with Gasteiger partial charge in [-0.25, -0.2) is 4.98 Å². The lowest BCUT2D eigenvalue weighted by molar-refractivity contribution is 0.181. The van der Waals surface area contributed by atoms with Gasteiger partial charge in [-0.2, -0.15) is 5.10 Å². The lowest BCUT2D eigenvalue weighted by Gasteiger charge is -2.30. The molecule has 38 heavy (non-hydrogen) atoms. The first kappa shape index (κ1) is 26.2. The number of aromatic nitrogens is 2. The number of hydrogen-bond acceptors (Lipinski definition) is 9. The minimum atomic E-state index is 0.152. The molecule has 2 N–H and O–H groups in total. The van der Waals surface area contributed by atoms with Crippen molar-refractivity contribution in [3.8, 4) is 11.5 Å². The van der Waals surface area contributed by atoms with E-state index < -0.39 is 0 Å². The predicted molar refractivity (Wildman–Crippen MR) is 153 cm³/mol. The van der Waals surface area contributed by atoms with Gasteiger partial charge in [0.1, 0.15) is 11.5 Å². The summed E-state index contributed by atoms with van der Waals surface area (Å²) in [5.41, 5.74) is 4.76. The van der Waals surface area contributed by atoms with Gasteiger partial charge in [-0.15, -0.1) is 0 Å².